The van der Waals surface area contributed by atoms with E-state index in [1.54, 1.807) is 0 Å². The second-order valence-corrected chi connectivity index (χ2v) is 4.13. The van der Waals surface area contributed by atoms with Crippen LogP contribution in [0, 0.1) is 0 Å². The minimum atomic E-state index is -1.33. The number of ether oxygens (including phenoxy) is 1. The third-order valence-corrected chi connectivity index (χ3v) is 2.74. The molecule has 6 nitrogen and oxygen atoms in total. The van der Waals surface area contributed by atoms with E-state index in [1.165, 1.54) is 24.5 Å². The molecule has 0 saturated carbocycles. The maximum Gasteiger partial charge on any atom is 0.336 e. The van der Waals surface area contributed by atoms with Gasteiger partial charge in [0.05, 0.1) is 30.1 Å². The van der Waals surface area contributed by atoms with E-state index >= 15 is 0 Å². The Kier molecular flexibility index (Phi) is 5.74. The van der Waals surface area contributed by atoms with Crippen LogP contribution in [-0.4, -0.2) is 40.0 Å². The van der Waals surface area contributed by atoms with E-state index in [-0.39, 0.29) is 29.7 Å². The van der Waals surface area contributed by atoms with Gasteiger partial charge in [-0.25, -0.2) is 9.59 Å². The number of carbonyl (C=O) groups is 2. The van der Waals surface area contributed by atoms with E-state index < -0.39 is 18.0 Å². The van der Waals surface area contributed by atoms with Crippen molar-refractivity contribution in [2.75, 3.05) is 6.61 Å². The SMILES string of the molecule is C=COCCC(O)Cc1cccc(C(=O)O)c1C(=O)O. The van der Waals surface area contributed by atoms with Gasteiger partial charge in [-0.2, -0.15) is 0 Å². The van der Waals surface area contributed by atoms with E-state index in [0.717, 1.165) is 0 Å². The molecule has 6 heteroatoms. The van der Waals surface area contributed by atoms with Crippen LogP contribution in [0.3, 0.4) is 0 Å². The fourth-order valence-electron chi connectivity index (χ4n) is 1.84. The summed E-state index contributed by atoms with van der Waals surface area (Å²) in [5, 5.41) is 27.9. The van der Waals surface area contributed by atoms with Gasteiger partial charge in [0.15, 0.2) is 0 Å². The topological polar surface area (TPSA) is 104 Å². The Hall–Kier alpha value is -2.34. The Morgan fingerprint density at radius 2 is 2.00 bits per heavy atom. The highest BCUT2D eigenvalue weighted by molar-refractivity contribution is 6.02. The molecule has 0 amide bonds. The van der Waals surface area contributed by atoms with Crippen LogP contribution >= 0.6 is 0 Å². The maximum absolute atomic E-state index is 11.2. The molecule has 0 saturated heterocycles. The molecule has 0 heterocycles. The molecule has 1 aromatic rings. The molecule has 0 bridgehead atoms. The average Bonchev–Trinajstić information content (AvgIpc) is 2.38. The highest BCUT2D eigenvalue weighted by atomic mass is 16.5. The fraction of sp³-hybridized carbons (Fsp3) is 0.286. The number of rotatable bonds is 8. The van der Waals surface area contributed by atoms with Crippen molar-refractivity contribution in [2.45, 2.75) is 18.9 Å². The predicted molar refractivity (Wildman–Crippen MR) is 70.8 cm³/mol. The molecule has 0 radical (unpaired) electrons. The predicted octanol–water partition coefficient (Wildman–Crippen LogP) is 1.54. The van der Waals surface area contributed by atoms with Crippen molar-refractivity contribution in [1.82, 2.24) is 0 Å². The van der Waals surface area contributed by atoms with E-state index in [4.69, 9.17) is 14.9 Å². The van der Waals surface area contributed by atoms with Gasteiger partial charge in [0, 0.05) is 6.42 Å². The van der Waals surface area contributed by atoms with Crippen LogP contribution in [0.25, 0.3) is 0 Å². The third kappa shape index (κ3) is 4.10. The van der Waals surface area contributed by atoms with Gasteiger partial charge in [-0.15, -0.1) is 0 Å². The van der Waals surface area contributed by atoms with Gasteiger partial charge in [-0.1, -0.05) is 18.7 Å². The summed E-state index contributed by atoms with van der Waals surface area (Å²) in [6.07, 6.45) is 0.767. The zero-order valence-corrected chi connectivity index (χ0v) is 10.8. The van der Waals surface area contributed by atoms with Crippen molar-refractivity contribution >= 4 is 11.9 Å². The molecule has 1 unspecified atom stereocenters. The number of hydrogen-bond donors (Lipinski definition) is 3. The lowest BCUT2D eigenvalue weighted by Gasteiger charge is -2.13. The molecule has 0 aliphatic carbocycles. The molecular formula is C14H16O6. The van der Waals surface area contributed by atoms with E-state index in [0.29, 0.717) is 6.42 Å². The van der Waals surface area contributed by atoms with Gasteiger partial charge in [-0.3, -0.25) is 0 Å². The summed E-state index contributed by atoms with van der Waals surface area (Å²) in [4.78, 5) is 22.2. The van der Waals surface area contributed by atoms with Gasteiger partial charge in [-0.05, 0) is 18.1 Å². The lowest BCUT2D eigenvalue weighted by molar-refractivity contribution is 0.0649. The number of carboxylic acid groups (broad SMARTS) is 2. The minimum Gasteiger partial charge on any atom is -0.502 e. The average molecular weight is 280 g/mol. The number of hydrogen-bond acceptors (Lipinski definition) is 4. The number of aliphatic hydroxyl groups is 1. The summed E-state index contributed by atoms with van der Waals surface area (Å²) in [5.41, 5.74) is -0.295. The summed E-state index contributed by atoms with van der Waals surface area (Å²) in [7, 11) is 0. The van der Waals surface area contributed by atoms with Crippen LogP contribution in [0.5, 0.6) is 0 Å². The molecular weight excluding hydrogens is 264 g/mol. The first-order valence-corrected chi connectivity index (χ1v) is 5.96. The monoisotopic (exact) mass is 280 g/mol. The van der Waals surface area contributed by atoms with Crippen LogP contribution in [-0.2, 0) is 11.2 Å². The Morgan fingerprint density at radius 3 is 2.55 bits per heavy atom. The zero-order chi connectivity index (χ0) is 15.1. The van der Waals surface area contributed by atoms with E-state index in [2.05, 4.69) is 6.58 Å². The smallest absolute Gasteiger partial charge is 0.336 e. The molecule has 1 rings (SSSR count). The van der Waals surface area contributed by atoms with Crippen LogP contribution < -0.4 is 0 Å². The number of benzene rings is 1. The molecule has 1 atom stereocenters. The largest absolute Gasteiger partial charge is 0.502 e. The molecule has 1 aromatic carbocycles. The molecule has 108 valence electrons. The van der Waals surface area contributed by atoms with Gasteiger partial charge < -0.3 is 20.1 Å². The van der Waals surface area contributed by atoms with Gasteiger partial charge in [0.1, 0.15) is 0 Å². The van der Waals surface area contributed by atoms with Crippen LogP contribution in [0.4, 0.5) is 0 Å². The Bertz CT molecular complexity index is 508. The lowest BCUT2D eigenvalue weighted by Crippen LogP contribution is -2.18. The first kappa shape index (κ1) is 15.7. The van der Waals surface area contributed by atoms with Crippen molar-refractivity contribution in [2.24, 2.45) is 0 Å². The Balaban J connectivity index is 2.94. The van der Waals surface area contributed by atoms with E-state index in [1.807, 2.05) is 0 Å². The quantitative estimate of drug-likeness (QED) is 0.493. The Morgan fingerprint density at radius 1 is 1.30 bits per heavy atom. The third-order valence-electron chi connectivity index (χ3n) is 2.74. The summed E-state index contributed by atoms with van der Waals surface area (Å²) < 4.78 is 4.87. The van der Waals surface area contributed by atoms with Crippen LogP contribution in [0.1, 0.15) is 32.7 Å². The van der Waals surface area contributed by atoms with Crippen molar-refractivity contribution in [1.29, 1.82) is 0 Å². The van der Waals surface area contributed by atoms with Crippen molar-refractivity contribution in [3.63, 3.8) is 0 Å². The summed E-state index contributed by atoms with van der Waals surface area (Å²) in [6.45, 7) is 3.62. The molecule has 20 heavy (non-hydrogen) atoms. The first-order chi connectivity index (χ1) is 9.47. The molecule has 0 aromatic heterocycles. The molecule has 0 aliphatic heterocycles. The number of carboxylic acids is 2. The molecule has 0 fully saturated rings. The molecule has 3 N–H and O–H groups in total. The van der Waals surface area contributed by atoms with Crippen molar-refractivity contribution < 1.29 is 29.6 Å². The normalized spacial score (nSPS) is 11.7. The van der Waals surface area contributed by atoms with E-state index in [9.17, 15) is 14.7 Å². The molecule has 0 aliphatic rings. The lowest BCUT2D eigenvalue weighted by atomic mass is 9.96. The second-order valence-electron chi connectivity index (χ2n) is 4.13. The standard InChI is InChI=1S/C14H16O6/c1-2-20-7-6-10(15)8-9-4-3-5-11(13(16)17)12(9)14(18)19/h2-5,10,15H,1,6-8H2,(H,16,17)(H,18,19). The minimum absolute atomic E-state index is 0.0449. The number of aliphatic hydroxyl groups excluding tert-OH is 1. The van der Waals surface area contributed by atoms with Gasteiger partial charge in [0.25, 0.3) is 0 Å². The summed E-state index contributed by atoms with van der Waals surface area (Å²) in [6, 6.07) is 4.17. The molecule has 0 spiro atoms. The van der Waals surface area contributed by atoms with Crippen LogP contribution in [0.2, 0.25) is 0 Å². The van der Waals surface area contributed by atoms with Crippen LogP contribution in [0.15, 0.2) is 31.0 Å². The van der Waals surface area contributed by atoms with Gasteiger partial charge in [0.2, 0.25) is 0 Å². The van der Waals surface area contributed by atoms with Crippen molar-refractivity contribution in [3.05, 3.63) is 47.7 Å². The van der Waals surface area contributed by atoms with Gasteiger partial charge >= 0.3 is 11.9 Å². The summed E-state index contributed by atoms with van der Waals surface area (Å²) in [5.74, 6) is -2.64. The van der Waals surface area contributed by atoms with Crippen molar-refractivity contribution in [3.8, 4) is 0 Å². The Labute approximate surface area is 115 Å². The zero-order valence-electron chi connectivity index (χ0n) is 10.8. The maximum atomic E-state index is 11.2. The highest BCUT2D eigenvalue weighted by Gasteiger charge is 2.21. The fourth-order valence-corrected chi connectivity index (χ4v) is 1.84. The highest BCUT2D eigenvalue weighted by Crippen LogP contribution is 2.18. The number of aromatic carboxylic acids is 2. The first-order valence-electron chi connectivity index (χ1n) is 5.96. The second kappa shape index (κ2) is 7.30. The summed E-state index contributed by atoms with van der Waals surface area (Å²) >= 11 is 0.